The van der Waals surface area contributed by atoms with Crippen LogP contribution in [0.2, 0.25) is 5.02 Å². The monoisotopic (exact) mass is 214 g/mol. The second-order valence-corrected chi connectivity index (χ2v) is 3.92. The molecular weight excluding hydrogens is 200 g/mol. The van der Waals surface area contributed by atoms with Crippen LogP contribution in [-0.4, -0.2) is 16.8 Å². The third kappa shape index (κ3) is 2.98. The van der Waals surface area contributed by atoms with Crippen molar-refractivity contribution in [3.63, 3.8) is 0 Å². The highest BCUT2D eigenvalue weighted by Crippen LogP contribution is 2.24. The third-order valence-corrected chi connectivity index (χ3v) is 2.59. The zero-order valence-corrected chi connectivity index (χ0v) is 8.91. The minimum Gasteiger partial charge on any atom is -0.396 e. The van der Waals surface area contributed by atoms with Crippen molar-refractivity contribution in [2.24, 2.45) is 5.92 Å². The van der Waals surface area contributed by atoms with Crippen molar-refractivity contribution >= 4 is 11.6 Å². The molecule has 2 unspecified atom stereocenters. The summed E-state index contributed by atoms with van der Waals surface area (Å²) >= 11 is 5.74. The summed E-state index contributed by atoms with van der Waals surface area (Å²) < 4.78 is 0. The first kappa shape index (κ1) is 11.5. The van der Waals surface area contributed by atoms with E-state index in [2.05, 4.69) is 0 Å². The molecule has 14 heavy (non-hydrogen) atoms. The molecule has 3 heteroatoms. The van der Waals surface area contributed by atoms with E-state index >= 15 is 0 Å². The van der Waals surface area contributed by atoms with E-state index in [1.807, 2.05) is 6.92 Å². The Labute approximate surface area is 89.1 Å². The van der Waals surface area contributed by atoms with E-state index in [0.717, 1.165) is 5.56 Å². The molecule has 78 valence electrons. The predicted octanol–water partition coefficient (Wildman–Crippen LogP) is 2.39. The van der Waals surface area contributed by atoms with Crippen molar-refractivity contribution in [2.75, 3.05) is 6.61 Å². The van der Waals surface area contributed by atoms with E-state index in [1.165, 1.54) is 0 Å². The molecule has 0 heterocycles. The highest BCUT2D eigenvalue weighted by molar-refractivity contribution is 6.30. The van der Waals surface area contributed by atoms with E-state index < -0.39 is 6.10 Å². The molecule has 0 radical (unpaired) electrons. The maximum absolute atomic E-state index is 9.86. The number of benzene rings is 1. The van der Waals surface area contributed by atoms with Gasteiger partial charge < -0.3 is 10.2 Å². The summed E-state index contributed by atoms with van der Waals surface area (Å²) in [5, 5.41) is 19.3. The van der Waals surface area contributed by atoms with Crippen LogP contribution in [0.1, 0.15) is 25.0 Å². The molecule has 0 aliphatic heterocycles. The lowest BCUT2D eigenvalue weighted by Gasteiger charge is -2.18. The van der Waals surface area contributed by atoms with E-state index in [9.17, 15) is 5.11 Å². The van der Waals surface area contributed by atoms with Gasteiger partial charge in [-0.25, -0.2) is 0 Å². The number of hydrogen-bond acceptors (Lipinski definition) is 2. The van der Waals surface area contributed by atoms with Crippen molar-refractivity contribution in [1.82, 2.24) is 0 Å². The molecule has 0 saturated carbocycles. The van der Waals surface area contributed by atoms with Gasteiger partial charge in [0.05, 0.1) is 6.10 Å². The lowest BCUT2D eigenvalue weighted by molar-refractivity contribution is 0.0991. The summed E-state index contributed by atoms with van der Waals surface area (Å²) in [6.45, 7) is 2.02. The highest BCUT2D eigenvalue weighted by atomic mass is 35.5. The maximum Gasteiger partial charge on any atom is 0.0816 e. The fourth-order valence-corrected chi connectivity index (χ4v) is 1.48. The van der Waals surface area contributed by atoms with Crippen molar-refractivity contribution in [3.8, 4) is 0 Å². The van der Waals surface area contributed by atoms with Crippen molar-refractivity contribution < 1.29 is 10.2 Å². The van der Waals surface area contributed by atoms with Gasteiger partial charge in [-0.1, -0.05) is 30.7 Å². The van der Waals surface area contributed by atoms with Gasteiger partial charge in [0.15, 0.2) is 0 Å². The Hall–Kier alpha value is -0.570. The van der Waals surface area contributed by atoms with Crippen LogP contribution in [0.4, 0.5) is 0 Å². The second-order valence-electron chi connectivity index (χ2n) is 3.49. The Morgan fingerprint density at radius 1 is 1.29 bits per heavy atom. The molecule has 0 aromatic heterocycles. The summed E-state index contributed by atoms with van der Waals surface area (Å²) in [4.78, 5) is 0. The van der Waals surface area contributed by atoms with Crippen molar-refractivity contribution in [3.05, 3.63) is 34.9 Å². The van der Waals surface area contributed by atoms with Crippen molar-refractivity contribution in [1.29, 1.82) is 0 Å². The summed E-state index contributed by atoms with van der Waals surface area (Å²) in [7, 11) is 0. The molecule has 2 atom stereocenters. The Bertz CT molecular complexity index is 271. The fraction of sp³-hybridized carbons (Fsp3) is 0.455. The quantitative estimate of drug-likeness (QED) is 0.808. The standard InChI is InChI=1S/C11H15ClO2/c1-8(6-7-13)11(14)9-2-4-10(12)5-3-9/h2-5,8,11,13-14H,6-7H2,1H3. The molecular formula is C11H15ClO2. The Morgan fingerprint density at radius 2 is 1.86 bits per heavy atom. The normalized spacial score (nSPS) is 15.1. The van der Waals surface area contributed by atoms with Gasteiger partial charge in [0.25, 0.3) is 0 Å². The minimum absolute atomic E-state index is 0.0566. The van der Waals surface area contributed by atoms with Gasteiger partial charge in [-0.15, -0.1) is 0 Å². The van der Waals surface area contributed by atoms with Crippen LogP contribution in [0.5, 0.6) is 0 Å². The number of halogens is 1. The molecule has 1 aromatic rings. The molecule has 0 bridgehead atoms. The van der Waals surface area contributed by atoms with E-state index in [1.54, 1.807) is 24.3 Å². The van der Waals surface area contributed by atoms with E-state index in [4.69, 9.17) is 16.7 Å². The first-order valence-electron chi connectivity index (χ1n) is 4.69. The zero-order chi connectivity index (χ0) is 10.6. The topological polar surface area (TPSA) is 40.5 Å². The first-order chi connectivity index (χ1) is 6.65. The molecule has 0 saturated heterocycles. The largest absolute Gasteiger partial charge is 0.396 e. The highest BCUT2D eigenvalue weighted by Gasteiger charge is 2.15. The molecule has 0 aliphatic carbocycles. The van der Waals surface area contributed by atoms with Crippen LogP contribution in [0.15, 0.2) is 24.3 Å². The van der Waals surface area contributed by atoms with Gasteiger partial charge >= 0.3 is 0 Å². The fourth-order valence-electron chi connectivity index (χ4n) is 1.35. The van der Waals surface area contributed by atoms with E-state index in [-0.39, 0.29) is 12.5 Å². The molecule has 0 amide bonds. The van der Waals surface area contributed by atoms with Gasteiger partial charge in [-0.3, -0.25) is 0 Å². The summed E-state index contributed by atoms with van der Waals surface area (Å²) in [6.07, 6.45) is 0.0727. The molecule has 0 fully saturated rings. The lowest BCUT2D eigenvalue weighted by Crippen LogP contribution is -2.10. The Morgan fingerprint density at radius 3 is 2.36 bits per heavy atom. The average Bonchev–Trinajstić information content (AvgIpc) is 2.18. The van der Waals surface area contributed by atoms with Gasteiger partial charge in [-0.2, -0.15) is 0 Å². The number of rotatable bonds is 4. The van der Waals surface area contributed by atoms with E-state index in [0.29, 0.717) is 11.4 Å². The van der Waals surface area contributed by atoms with Gasteiger partial charge in [0.2, 0.25) is 0 Å². The smallest absolute Gasteiger partial charge is 0.0816 e. The van der Waals surface area contributed by atoms with Gasteiger partial charge in [0, 0.05) is 11.6 Å². The average molecular weight is 215 g/mol. The molecule has 2 nitrogen and oxygen atoms in total. The second kappa shape index (κ2) is 5.35. The minimum atomic E-state index is -0.528. The summed E-state index contributed by atoms with van der Waals surface area (Å²) in [5.74, 6) is 0.0566. The molecule has 1 rings (SSSR count). The van der Waals surface area contributed by atoms with Gasteiger partial charge in [0.1, 0.15) is 0 Å². The predicted molar refractivity (Wildman–Crippen MR) is 57.3 cm³/mol. The first-order valence-corrected chi connectivity index (χ1v) is 5.07. The SMILES string of the molecule is CC(CCO)C(O)c1ccc(Cl)cc1. The van der Waals surface area contributed by atoms with Crippen LogP contribution in [0, 0.1) is 5.92 Å². The Kier molecular flexibility index (Phi) is 4.39. The summed E-state index contributed by atoms with van der Waals surface area (Å²) in [6, 6.07) is 7.12. The maximum atomic E-state index is 9.86. The van der Waals surface area contributed by atoms with Crippen LogP contribution in [0.3, 0.4) is 0 Å². The molecule has 2 N–H and O–H groups in total. The molecule has 1 aromatic carbocycles. The lowest BCUT2D eigenvalue weighted by atomic mass is 9.95. The van der Waals surface area contributed by atoms with Crippen LogP contribution >= 0.6 is 11.6 Å². The van der Waals surface area contributed by atoms with Crippen LogP contribution in [0.25, 0.3) is 0 Å². The molecule has 0 spiro atoms. The van der Waals surface area contributed by atoms with Crippen molar-refractivity contribution in [2.45, 2.75) is 19.4 Å². The zero-order valence-electron chi connectivity index (χ0n) is 8.15. The Balaban J connectivity index is 2.68. The van der Waals surface area contributed by atoms with Gasteiger partial charge in [-0.05, 0) is 30.0 Å². The number of hydrogen-bond donors (Lipinski definition) is 2. The molecule has 0 aliphatic rings. The number of aliphatic hydroxyl groups excluding tert-OH is 2. The van der Waals surface area contributed by atoms with Crippen LogP contribution in [-0.2, 0) is 0 Å². The van der Waals surface area contributed by atoms with Crippen LogP contribution < -0.4 is 0 Å². The third-order valence-electron chi connectivity index (χ3n) is 2.33. The number of aliphatic hydroxyl groups is 2. The summed E-state index contributed by atoms with van der Waals surface area (Å²) in [5.41, 5.74) is 0.843.